The number of pyridine rings is 1. The average Bonchev–Trinajstić information content (AvgIpc) is 2.42. The van der Waals surface area contributed by atoms with Gasteiger partial charge in [-0.3, -0.25) is 0 Å². The summed E-state index contributed by atoms with van der Waals surface area (Å²) < 4.78 is 0. The number of benzene rings is 1. The Bertz CT molecular complexity index is 581. The maximum Gasteiger partial charge on any atom is 0.339 e. The second-order valence-corrected chi connectivity index (χ2v) is 4.52. The van der Waals surface area contributed by atoms with Crippen LogP contribution in [-0.2, 0) is 0 Å². The van der Waals surface area contributed by atoms with Crippen LogP contribution in [0.15, 0.2) is 30.3 Å². The van der Waals surface area contributed by atoms with E-state index in [2.05, 4.69) is 17.2 Å². The van der Waals surface area contributed by atoms with Gasteiger partial charge in [-0.2, -0.15) is 0 Å². The molecule has 0 saturated carbocycles. The van der Waals surface area contributed by atoms with Crippen LogP contribution in [0.1, 0.15) is 36.5 Å². The van der Waals surface area contributed by atoms with Crippen molar-refractivity contribution < 1.29 is 9.90 Å². The molecule has 0 aliphatic heterocycles. The van der Waals surface area contributed by atoms with Gasteiger partial charge in [0, 0.05) is 11.9 Å². The highest BCUT2D eigenvalue weighted by molar-refractivity contribution is 5.98. The normalized spacial score (nSPS) is 10.6. The van der Waals surface area contributed by atoms with Crippen molar-refractivity contribution >= 4 is 22.7 Å². The van der Waals surface area contributed by atoms with Crippen molar-refractivity contribution in [1.29, 1.82) is 0 Å². The molecule has 0 aliphatic rings. The fourth-order valence-electron chi connectivity index (χ4n) is 2.00. The Kier molecular flexibility index (Phi) is 4.34. The summed E-state index contributed by atoms with van der Waals surface area (Å²) in [7, 11) is 0. The van der Waals surface area contributed by atoms with Crippen LogP contribution >= 0.6 is 0 Å². The van der Waals surface area contributed by atoms with Gasteiger partial charge in [-0.25, -0.2) is 9.78 Å². The summed E-state index contributed by atoms with van der Waals surface area (Å²) in [6.45, 7) is 2.89. The molecular weight excluding hydrogens is 240 g/mol. The molecule has 0 radical (unpaired) electrons. The first-order valence-electron chi connectivity index (χ1n) is 6.59. The van der Waals surface area contributed by atoms with Crippen molar-refractivity contribution in [2.24, 2.45) is 0 Å². The molecule has 0 aliphatic carbocycles. The van der Waals surface area contributed by atoms with E-state index in [1.54, 1.807) is 6.07 Å². The molecule has 100 valence electrons. The van der Waals surface area contributed by atoms with E-state index in [9.17, 15) is 9.90 Å². The number of aromatic nitrogens is 1. The quantitative estimate of drug-likeness (QED) is 0.778. The van der Waals surface area contributed by atoms with Gasteiger partial charge in [-0.15, -0.1) is 0 Å². The standard InChI is InChI=1S/C15H18N2O2/c1-2-3-6-9-16-14-12(15(18)19)10-11-7-4-5-8-13(11)17-14/h4-5,7-8,10H,2-3,6,9H2,1H3,(H,16,17)(H,18,19). The van der Waals surface area contributed by atoms with Crippen LogP contribution in [0.5, 0.6) is 0 Å². The van der Waals surface area contributed by atoms with E-state index >= 15 is 0 Å². The van der Waals surface area contributed by atoms with Crippen LogP contribution in [0.25, 0.3) is 10.9 Å². The van der Waals surface area contributed by atoms with Gasteiger partial charge in [0.15, 0.2) is 0 Å². The van der Waals surface area contributed by atoms with Crippen molar-refractivity contribution in [2.75, 3.05) is 11.9 Å². The van der Waals surface area contributed by atoms with Gasteiger partial charge in [0.2, 0.25) is 0 Å². The summed E-state index contributed by atoms with van der Waals surface area (Å²) in [6.07, 6.45) is 3.28. The Hall–Kier alpha value is -2.10. The third-order valence-electron chi connectivity index (χ3n) is 3.03. The summed E-state index contributed by atoms with van der Waals surface area (Å²) in [5.41, 5.74) is 1.04. The zero-order valence-corrected chi connectivity index (χ0v) is 11.0. The molecule has 0 amide bonds. The van der Waals surface area contributed by atoms with E-state index < -0.39 is 5.97 Å². The summed E-state index contributed by atoms with van der Waals surface area (Å²) in [6, 6.07) is 9.21. The molecule has 1 aromatic heterocycles. The van der Waals surface area contributed by atoms with E-state index in [1.807, 2.05) is 24.3 Å². The second kappa shape index (κ2) is 6.18. The number of carbonyl (C=O) groups is 1. The summed E-state index contributed by atoms with van der Waals surface area (Å²) in [5.74, 6) is -0.487. The molecule has 4 nitrogen and oxygen atoms in total. The van der Waals surface area contributed by atoms with E-state index in [-0.39, 0.29) is 5.56 Å². The third kappa shape index (κ3) is 3.22. The first-order valence-corrected chi connectivity index (χ1v) is 6.59. The van der Waals surface area contributed by atoms with Crippen molar-refractivity contribution in [3.8, 4) is 0 Å². The number of hydrogen-bond donors (Lipinski definition) is 2. The molecule has 2 rings (SSSR count). The number of rotatable bonds is 6. The molecule has 1 aromatic carbocycles. The molecule has 2 N–H and O–H groups in total. The van der Waals surface area contributed by atoms with Crippen LogP contribution in [0.3, 0.4) is 0 Å². The molecular formula is C15H18N2O2. The SMILES string of the molecule is CCCCCNc1nc2ccccc2cc1C(=O)O. The highest BCUT2D eigenvalue weighted by Gasteiger charge is 2.12. The summed E-state index contributed by atoms with van der Waals surface area (Å²) in [4.78, 5) is 15.7. The predicted molar refractivity (Wildman–Crippen MR) is 76.7 cm³/mol. The van der Waals surface area contributed by atoms with Gasteiger partial charge in [0.25, 0.3) is 0 Å². The van der Waals surface area contributed by atoms with Gasteiger partial charge in [-0.05, 0) is 18.6 Å². The van der Waals surface area contributed by atoms with Gasteiger partial charge < -0.3 is 10.4 Å². The first-order chi connectivity index (χ1) is 9.22. The maximum absolute atomic E-state index is 11.3. The third-order valence-corrected chi connectivity index (χ3v) is 3.03. The zero-order valence-electron chi connectivity index (χ0n) is 11.0. The van der Waals surface area contributed by atoms with E-state index in [4.69, 9.17) is 0 Å². The fourth-order valence-corrected chi connectivity index (χ4v) is 2.00. The van der Waals surface area contributed by atoms with Crippen molar-refractivity contribution in [1.82, 2.24) is 4.98 Å². The van der Waals surface area contributed by atoms with Crippen molar-refractivity contribution in [2.45, 2.75) is 26.2 Å². The molecule has 4 heteroatoms. The second-order valence-electron chi connectivity index (χ2n) is 4.52. The molecule has 0 unspecified atom stereocenters. The number of para-hydroxylation sites is 1. The predicted octanol–water partition coefficient (Wildman–Crippen LogP) is 3.54. The minimum Gasteiger partial charge on any atom is -0.478 e. The van der Waals surface area contributed by atoms with Gasteiger partial charge in [0.1, 0.15) is 11.4 Å². The summed E-state index contributed by atoms with van der Waals surface area (Å²) >= 11 is 0. The topological polar surface area (TPSA) is 62.2 Å². The molecule has 0 atom stereocenters. The van der Waals surface area contributed by atoms with E-state index in [0.717, 1.165) is 36.7 Å². The van der Waals surface area contributed by atoms with Crippen molar-refractivity contribution in [3.05, 3.63) is 35.9 Å². The average molecular weight is 258 g/mol. The number of unbranched alkanes of at least 4 members (excludes halogenated alkanes) is 2. The van der Waals surface area contributed by atoms with Crippen LogP contribution in [0.2, 0.25) is 0 Å². The smallest absolute Gasteiger partial charge is 0.339 e. The lowest BCUT2D eigenvalue weighted by Crippen LogP contribution is -2.09. The van der Waals surface area contributed by atoms with Crippen LogP contribution in [0.4, 0.5) is 5.82 Å². The molecule has 0 bridgehead atoms. The lowest BCUT2D eigenvalue weighted by Gasteiger charge is -2.10. The lowest BCUT2D eigenvalue weighted by molar-refractivity contribution is 0.0698. The minimum atomic E-state index is -0.948. The number of carboxylic acids is 1. The van der Waals surface area contributed by atoms with Crippen LogP contribution in [0, 0.1) is 0 Å². The van der Waals surface area contributed by atoms with Crippen LogP contribution in [-0.4, -0.2) is 22.6 Å². The molecule has 19 heavy (non-hydrogen) atoms. The number of nitrogens with zero attached hydrogens (tertiary/aromatic N) is 1. The zero-order chi connectivity index (χ0) is 13.7. The number of aromatic carboxylic acids is 1. The molecule has 0 saturated heterocycles. The van der Waals surface area contributed by atoms with E-state index in [0.29, 0.717) is 5.82 Å². The number of nitrogens with one attached hydrogen (secondary N) is 1. The molecule has 0 spiro atoms. The highest BCUT2D eigenvalue weighted by Crippen LogP contribution is 2.20. The Morgan fingerprint density at radius 1 is 1.32 bits per heavy atom. The van der Waals surface area contributed by atoms with E-state index in [1.165, 1.54) is 0 Å². The van der Waals surface area contributed by atoms with Crippen LogP contribution < -0.4 is 5.32 Å². The monoisotopic (exact) mass is 258 g/mol. The molecule has 1 heterocycles. The lowest BCUT2D eigenvalue weighted by atomic mass is 10.1. The Labute approximate surface area is 112 Å². The fraction of sp³-hybridized carbons (Fsp3) is 0.333. The minimum absolute atomic E-state index is 0.232. The van der Waals surface area contributed by atoms with Gasteiger partial charge in [-0.1, -0.05) is 38.0 Å². The Morgan fingerprint density at radius 2 is 2.11 bits per heavy atom. The number of anilines is 1. The summed E-state index contributed by atoms with van der Waals surface area (Å²) in [5, 5.41) is 13.2. The number of hydrogen-bond acceptors (Lipinski definition) is 3. The van der Waals surface area contributed by atoms with Crippen molar-refractivity contribution in [3.63, 3.8) is 0 Å². The maximum atomic E-state index is 11.3. The van der Waals surface area contributed by atoms with Gasteiger partial charge in [0.05, 0.1) is 5.52 Å². The largest absolute Gasteiger partial charge is 0.478 e. The Balaban J connectivity index is 2.28. The number of carboxylic acid groups (broad SMARTS) is 1. The number of fused-ring (bicyclic) bond motifs is 1. The molecule has 0 fully saturated rings. The van der Waals surface area contributed by atoms with Gasteiger partial charge >= 0.3 is 5.97 Å². The first kappa shape index (κ1) is 13.3. The molecule has 2 aromatic rings. The Morgan fingerprint density at radius 3 is 2.84 bits per heavy atom. The highest BCUT2D eigenvalue weighted by atomic mass is 16.4.